The molecule has 116 valence electrons. The molecule has 0 amide bonds. The molecule has 0 aromatic heterocycles. The van der Waals surface area contributed by atoms with Crippen molar-refractivity contribution in [1.29, 1.82) is 0 Å². The van der Waals surface area contributed by atoms with Gasteiger partial charge in [0.2, 0.25) is 0 Å². The molecule has 1 N–H and O–H groups in total. The molecule has 0 aliphatic rings. The number of rotatable bonds is 6. The Kier molecular flexibility index (Phi) is 6.10. The third kappa shape index (κ3) is 4.39. The third-order valence-electron chi connectivity index (χ3n) is 2.81. The first-order valence-corrected chi connectivity index (χ1v) is 7.82. The van der Waals surface area contributed by atoms with Crippen molar-refractivity contribution in [2.24, 2.45) is 5.16 Å². The van der Waals surface area contributed by atoms with Gasteiger partial charge in [0, 0.05) is 10.6 Å². The Morgan fingerprint density at radius 3 is 2.77 bits per heavy atom. The van der Waals surface area contributed by atoms with Crippen molar-refractivity contribution in [3.8, 4) is 11.5 Å². The molecule has 22 heavy (non-hydrogen) atoms. The summed E-state index contributed by atoms with van der Waals surface area (Å²) in [6, 6.07) is 11.0. The van der Waals surface area contributed by atoms with Crippen molar-refractivity contribution in [3.05, 3.63) is 57.0 Å². The van der Waals surface area contributed by atoms with Gasteiger partial charge >= 0.3 is 0 Å². The molecule has 4 nitrogen and oxygen atoms in total. The second-order valence-electron chi connectivity index (χ2n) is 4.43. The molecular formula is C16H15BrClNO3. The lowest BCUT2D eigenvalue weighted by Crippen LogP contribution is -2.01. The van der Waals surface area contributed by atoms with Crippen LogP contribution in [0.5, 0.6) is 11.5 Å². The summed E-state index contributed by atoms with van der Waals surface area (Å²) in [5, 5.41) is 12.3. The predicted molar refractivity (Wildman–Crippen MR) is 90.5 cm³/mol. The molecular weight excluding hydrogens is 370 g/mol. The van der Waals surface area contributed by atoms with E-state index in [9.17, 15) is 0 Å². The molecule has 2 aromatic carbocycles. The summed E-state index contributed by atoms with van der Waals surface area (Å²) in [6.07, 6.45) is 1.33. The quantitative estimate of drug-likeness (QED) is 0.438. The van der Waals surface area contributed by atoms with Crippen LogP contribution in [0.25, 0.3) is 0 Å². The molecule has 0 radical (unpaired) electrons. The summed E-state index contributed by atoms with van der Waals surface area (Å²) in [6.45, 7) is 2.76. The highest BCUT2D eigenvalue weighted by Crippen LogP contribution is 2.37. The topological polar surface area (TPSA) is 51.0 Å². The van der Waals surface area contributed by atoms with E-state index in [2.05, 4.69) is 21.1 Å². The van der Waals surface area contributed by atoms with Crippen LogP contribution in [0.15, 0.2) is 46.0 Å². The number of oxime groups is 1. The highest BCUT2D eigenvalue weighted by Gasteiger charge is 2.12. The second-order valence-corrected chi connectivity index (χ2v) is 5.72. The van der Waals surface area contributed by atoms with Crippen molar-refractivity contribution in [2.45, 2.75) is 13.5 Å². The predicted octanol–water partition coefficient (Wildman–Crippen LogP) is 4.89. The van der Waals surface area contributed by atoms with E-state index in [0.717, 1.165) is 10.0 Å². The summed E-state index contributed by atoms with van der Waals surface area (Å²) in [5.41, 5.74) is 1.66. The van der Waals surface area contributed by atoms with Crippen LogP contribution in [0, 0.1) is 0 Å². The van der Waals surface area contributed by atoms with Crippen molar-refractivity contribution < 1.29 is 14.7 Å². The number of halogens is 2. The normalized spacial score (nSPS) is 10.9. The van der Waals surface area contributed by atoms with E-state index >= 15 is 0 Å². The molecule has 2 rings (SSSR count). The fourth-order valence-corrected chi connectivity index (χ4v) is 2.70. The van der Waals surface area contributed by atoms with Gasteiger partial charge in [0.15, 0.2) is 11.5 Å². The van der Waals surface area contributed by atoms with Crippen molar-refractivity contribution >= 4 is 33.7 Å². The average Bonchev–Trinajstić information content (AvgIpc) is 2.47. The lowest BCUT2D eigenvalue weighted by Gasteiger charge is -2.14. The summed E-state index contributed by atoms with van der Waals surface area (Å²) >= 11 is 9.42. The molecule has 0 heterocycles. The first-order chi connectivity index (χ1) is 10.6. The minimum absolute atomic E-state index is 0.368. The van der Waals surface area contributed by atoms with Crippen LogP contribution in [0.2, 0.25) is 5.02 Å². The minimum atomic E-state index is 0.368. The van der Waals surface area contributed by atoms with Gasteiger partial charge in [0.05, 0.1) is 17.3 Å². The molecule has 0 aliphatic heterocycles. The van der Waals surface area contributed by atoms with Crippen LogP contribution < -0.4 is 9.47 Å². The lowest BCUT2D eigenvalue weighted by atomic mass is 10.2. The summed E-state index contributed by atoms with van der Waals surface area (Å²) in [4.78, 5) is 0. The molecule has 0 saturated carbocycles. The van der Waals surface area contributed by atoms with Gasteiger partial charge in [-0.05, 0) is 52.7 Å². The Morgan fingerprint density at radius 1 is 1.27 bits per heavy atom. The highest BCUT2D eigenvalue weighted by molar-refractivity contribution is 9.10. The number of hydrogen-bond acceptors (Lipinski definition) is 4. The van der Waals surface area contributed by atoms with Gasteiger partial charge in [-0.3, -0.25) is 0 Å². The summed E-state index contributed by atoms with van der Waals surface area (Å²) in [7, 11) is 0. The van der Waals surface area contributed by atoms with Crippen LogP contribution in [0.1, 0.15) is 18.1 Å². The average molecular weight is 385 g/mol. The minimum Gasteiger partial charge on any atom is -0.490 e. The molecule has 2 aromatic rings. The van der Waals surface area contributed by atoms with E-state index < -0.39 is 0 Å². The first-order valence-electron chi connectivity index (χ1n) is 6.65. The van der Waals surface area contributed by atoms with Crippen LogP contribution in [0.3, 0.4) is 0 Å². The maximum absolute atomic E-state index is 8.65. The second kappa shape index (κ2) is 8.06. The maximum atomic E-state index is 8.65. The maximum Gasteiger partial charge on any atom is 0.175 e. The van der Waals surface area contributed by atoms with Crippen molar-refractivity contribution in [3.63, 3.8) is 0 Å². The molecule has 0 spiro atoms. The van der Waals surface area contributed by atoms with E-state index in [-0.39, 0.29) is 0 Å². The largest absolute Gasteiger partial charge is 0.490 e. The van der Waals surface area contributed by atoms with Crippen LogP contribution >= 0.6 is 27.5 Å². The van der Waals surface area contributed by atoms with E-state index in [1.54, 1.807) is 12.1 Å². The van der Waals surface area contributed by atoms with Gasteiger partial charge in [-0.25, -0.2) is 0 Å². The third-order valence-corrected chi connectivity index (χ3v) is 3.63. The molecule has 0 atom stereocenters. The molecule has 0 unspecified atom stereocenters. The van der Waals surface area contributed by atoms with Gasteiger partial charge in [-0.15, -0.1) is 0 Å². The standard InChI is InChI=1S/C16H15BrClNO3/c1-2-21-15-8-12(9-19-20)7-14(17)16(15)22-10-11-4-3-5-13(18)6-11/h3-9,20H,2,10H2,1H3. The Labute approximate surface area is 142 Å². The van der Waals surface area contributed by atoms with Crippen molar-refractivity contribution in [1.82, 2.24) is 0 Å². The Bertz CT molecular complexity index is 676. The van der Waals surface area contributed by atoms with Crippen LogP contribution in [-0.2, 0) is 6.61 Å². The van der Waals surface area contributed by atoms with E-state index in [1.807, 2.05) is 31.2 Å². The fourth-order valence-electron chi connectivity index (χ4n) is 1.91. The van der Waals surface area contributed by atoms with E-state index in [1.165, 1.54) is 6.21 Å². The smallest absolute Gasteiger partial charge is 0.175 e. The molecule has 6 heteroatoms. The number of benzene rings is 2. The summed E-state index contributed by atoms with van der Waals surface area (Å²) in [5.74, 6) is 1.17. The van der Waals surface area contributed by atoms with Crippen LogP contribution in [-0.4, -0.2) is 18.0 Å². The van der Waals surface area contributed by atoms with Gasteiger partial charge in [0.25, 0.3) is 0 Å². The van der Waals surface area contributed by atoms with Gasteiger partial charge in [-0.1, -0.05) is 28.9 Å². The Balaban J connectivity index is 2.25. The first kappa shape index (κ1) is 16.6. The van der Waals surface area contributed by atoms with Gasteiger partial charge < -0.3 is 14.7 Å². The molecule has 0 aliphatic carbocycles. The zero-order valence-electron chi connectivity index (χ0n) is 11.9. The molecule has 0 fully saturated rings. The number of nitrogens with zero attached hydrogens (tertiary/aromatic N) is 1. The lowest BCUT2D eigenvalue weighted by molar-refractivity contribution is 0.267. The van der Waals surface area contributed by atoms with Crippen LogP contribution in [0.4, 0.5) is 0 Å². The number of ether oxygens (including phenoxy) is 2. The van der Waals surface area contributed by atoms with E-state index in [0.29, 0.717) is 35.3 Å². The number of hydrogen-bond donors (Lipinski definition) is 1. The van der Waals surface area contributed by atoms with E-state index in [4.69, 9.17) is 26.3 Å². The highest BCUT2D eigenvalue weighted by atomic mass is 79.9. The molecule has 0 bridgehead atoms. The van der Waals surface area contributed by atoms with Gasteiger partial charge in [-0.2, -0.15) is 0 Å². The fraction of sp³-hybridized carbons (Fsp3) is 0.188. The molecule has 0 saturated heterocycles. The monoisotopic (exact) mass is 383 g/mol. The Hall–Kier alpha value is -1.72. The SMILES string of the molecule is CCOc1cc(C=NO)cc(Br)c1OCc1cccc(Cl)c1. The summed E-state index contributed by atoms with van der Waals surface area (Å²) < 4.78 is 12.2. The van der Waals surface area contributed by atoms with Crippen molar-refractivity contribution in [2.75, 3.05) is 6.61 Å². The zero-order chi connectivity index (χ0) is 15.9. The van der Waals surface area contributed by atoms with Gasteiger partial charge in [0.1, 0.15) is 6.61 Å². The zero-order valence-corrected chi connectivity index (χ0v) is 14.3. The Morgan fingerprint density at radius 2 is 2.09 bits per heavy atom.